The van der Waals surface area contributed by atoms with Crippen molar-refractivity contribution in [2.75, 3.05) is 146 Å². The molecule has 0 bridgehead atoms. The lowest BCUT2D eigenvalue weighted by Crippen LogP contribution is -2.36. The molecular formula is C83H92N7O15P3. The summed E-state index contributed by atoms with van der Waals surface area (Å²) in [6.07, 6.45) is 0.716. The summed E-state index contributed by atoms with van der Waals surface area (Å²) in [5.74, 6) is 21.5. The lowest BCUT2D eigenvalue weighted by molar-refractivity contribution is 0.0180. The van der Waals surface area contributed by atoms with Crippen LogP contribution >= 0.6 is 22.1 Å². The highest BCUT2D eigenvalue weighted by molar-refractivity contribution is 7.74. The first-order chi connectivity index (χ1) is 52.6. The maximum absolute atomic E-state index is 14.7. The van der Waals surface area contributed by atoms with E-state index in [4.69, 9.17) is 63.3 Å². The maximum Gasteiger partial charge on any atom is 0.276 e. The van der Waals surface area contributed by atoms with Crippen LogP contribution in [0.4, 0.5) is 0 Å². The van der Waals surface area contributed by atoms with Gasteiger partial charge in [-0.2, -0.15) is 0 Å². The summed E-state index contributed by atoms with van der Waals surface area (Å²) < 4.78 is 94.0. The fourth-order valence-corrected chi connectivity index (χ4v) is 15.5. The van der Waals surface area contributed by atoms with Crippen LogP contribution in [0.1, 0.15) is 56.9 Å². The van der Waals surface area contributed by atoms with Gasteiger partial charge in [-0.05, 0) is 159 Å². The van der Waals surface area contributed by atoms with E-state index in [1.807, 2.05) is 91.0 Å². The zero-order chi connectivity index (χ0) is 75.7. The van der Waals surface area contributed by atoms with Gasteiger partial charge in [-0.1, -0.05) is 90.1 Å². The van der Waals surface area contributed by atoms with E-state index in [2.05, 4.69) is 50.2 Å². The van der Waals surface area contributed by atoms with E-state index in [0.717, 1.165) is 0 Å². The Hall–Kier alpha value is -8.98. The normalized spacial score (nSPS) is 14.5. The van der Waals surface area contributed by atoms with Gasteiger partial charge < -0.3 is 63.0 Å². The van der Waals surface area contributed by atoms with Crippen molar-refractivity contribution in [2.45, 2.75) is 26.1 Å². The highest BCUT2D eigenvalue weighted by Crippen LogP contribution is 2.40. The van der Waals surface area contributed by atoms with E-state index in [9.17, 15) is 28.4 Å². The Bertz CT molecular complexity index is 4450. The number of aromatic nitrogens is 3. The molecule has 5 N–H and O–H groups in total. The molecule has 0 aliphatic carbocycles. The molecule has 6 aromatic carbocycles. The Labute approximate surface area is 632 Å². The standard InChI is InChI=1S/C83H92N7O15P3/c1-97-45-47-99-49-51-101-53-55-104-76-33-27-67(28-34-76)20-23-70-58-73(86-82(61-70)107(93,94)79-15-8-4-9-16-79)64-89-40-38-88(63-72-57-69(22-19-66-25-31-75(32-26-66)103-44-12-37-84)60-81(85-72)106(91,92)78-13-6-3-7-14-78)39-41-90(43-42-89)65-74-59-71(62-83(87-74)108(95,96)80-17-10-5-11-18-80)24-21-68-29-35-77(36-30-68)105-56-54-102-52-50-100-48-46-98-2/h3-11,13-18,25-36,57-62H,12,37-56,63-65,84H2,1-2H3,(H,91,92)(H,93,94)(H,95,96). The molecule has 3 atom stereocenters. The van der Waals surface area contributed by atoms with E-state index in [1.165, 1.54) is 0 Å². The van der Waals surface area contributed by atoms with Crippen molar-refractivity contribution >= 4 is 54.3 Å². The number of nitrogens with two attached hydrogens (primary N) is 1. The summed E-state index contributed by atoms with van der Waals surface area (Å²) in [5, 5.41) is 0.652. The van der Waals surface area contributed by atoms with Crippen LogP contribution in [0, 0.1) is 35.5 Å². The van der Waals surface area contributed by atoms with Crippen molar-refractivity contribution in [3.63, 3.8) is 0 Å². The van der Waals surface area contributed by atoms with Crippen LogP contribution in [-0.4, -0.2) is 190 Å². The molecule has 4 heterocycles. The van der Waals surface area contributed by atoms with Crippen molar-refractivity contribution in [3.8, 4) is 52.8 Å². The highest BCUT2D eigenvalue weighted by atomic mass is 31.2. The largest absolute Gasteiger partial charge is 0.494 e. The first-order valence-corrected chi connectivity index (χ1v) is 40.7. The van der Waals surface area contributed by atoms with Gasteiger partial charge in [-0.25, -0.2) is 15.0 Å². The van der Waals surface area contributed by atoms with Crippen LogP contribution in [-0.2, 0) is 61.8 Å². The van der Waals surface area contributed by atoms with Crippen molar-refractivity contribution < 1.29 is 71.0 Å². The molecule has 1 aliphatic rings. The van der Waals surface area contributed by atoms with E-state index >= 15 is 0 Å². The number of nitrogens with zero attached hydrogens (tertiary/aromatic N) is 6. The Kier molecular flexibility index (Phi) is 32.2. The predicted molar refractivity (Wildman–Crippen MR) is 420 cm³/mol. The molecule has 3 unspecified atom stereocenters. The molecule has 0 amide bonds. The second-order valence-electron chi connectivity index (χ2n) is 25.1. The zero-order valence-corrected chi connectivity index (χ0v) is 63.5. The molecule has 0 radical (unpaired) electrons. The fourth-order valence-electron chi connectivity index (χ4n) is 11.2. The molecule has 0 saturated carbocycles. The zero-order valence-electron chi connectivity index (χ0n) is 60.9. The third kappa shape index (κ3) is 25.9. The Morgan fingerprint density at radius 1 is 0.343 bits per heavy atom. The van der Waals surface area contributed by atoms with Crippen LogP contribution in [0.15, 0.2) is 200 Å². The van der Waals surface area contributed by atoms with Crippen molar-refractivity contribution in [1.29, 1.82) is 0 Å². The van der Waals surface area contributed by atoms with Gasteiger partial charge in [0.25, 0.3) is 22.1 Å². The van der Waals surface area contributed by atoms with Crippen LogP contribution in [0.25, 0.3) is 0 Å². The molecule has 9 aromatic rings. The third-order valence-corrected chi connectivity index (χ3v) is 22.6. The Balaban J connectivity index is 0.962. The molecule has 564 valence electrons. The number of ether oxygens (including phenoxy) is 9. The Morgan fingerprint density at radius 3 is 0.880 bits per heavy atom. The van der Waals surface area contributed by atoms with Gasteiger partial charge in [-0.15, -0.1) is 0 Å². The minimum Gasteiger partial charge on any atom is -0.494 e. The van der Waals surface area contributed by atoms with Gasteiger partial charge in [0.2, 0.25) is 0 Å². The average molecular weight is 1520 g/mol. The van der Waals surface area contributed by atoms with Crippen LogP contribution in [0.5, 0.6) is 17.2 Å². The first kappa shape index (κ1) is 81.5. The topological polar surface area (TPSA) is 269 Å². The minimum absolute atomic E-state index is 0.0193. The van der Waals surface area contributed by atoms with Gasteiger partial charge in [0.15, 0.2) is 0 Å². The molecule has 10 rings (SSSR count). The van der Waals surface area contributed by atoms with Crippen LogP contribution in [0.2, 0.25) is 0 Å². The highest BCUT2D eigenvalue weighted by Gasteiger charge is 2.31. The van der Waals surface area contributed by atoms with Crippen LogP contribution in [0.3, 0.4) is 0 Å². The molecule has 0 spiro atoms. The maximum atomic E-state index is 14.7. The second-order valence-corrected chi connectivity index (χ2v) is 31.5. The quantitative estimate of drug-likeness (QED) is 0.0169. The van der Waals surface area contributed by atoms with E-state index in [0.29, 0.717) is 206 Å². The molecule has 1 fully saturated rings. The van der Waals surface area contributed by atoms with Crippen LogP contribution < -0.4 is 52.2 Å². The van der Waals surface area contributed by atoms with Crippen molar-refractivity contribution in [3.05, 3.63) is 251 Å². The average Bonchev–Trinajstić information content (AvgIpc) is 0.808. The van der Waals surface area contributed by atoms with E-state index in [1.54, 1.807) is 123 Å². The summed E-state index contributed by atoms with van der Waals surface area (Å²) in [6, 6.07) is 57.7. The number of hydrogen-bond donors (Lipinski definition) is 4. The monoisotopic (exact) mass is 1520 g/mol. The summed E-state index contributed by atoms with van der Waals surface area (Å²) in [5.41, 5.74) is 10.6. The van der Waals surface area contributed by atoms with Crippen molar-refractivity contribution in [1.82, 2.24) is 29.7 Å². The lowest BCUT2D eigenvalue weighted by atomic mass is 10.1. The van der Waals surface area contributed by atoms with E-state index in [-0.39, 0.29) is 51.9 Å². The number of methoxy groups -OCH3 is 2. The van der Waals surface area contributed by atoms with Gasteiger partial charge in [0.05, 0.1) is 89.8 Å². The van der Waals surface area contributed by atoms with E-state index < -0.39 is 22.1 Å². The number of benzene rings is 6. The SMILES string of the molecule is COCCOCCOCCOc1ccc(C#Cc2cc(CN3CCN(Cc4cc(C#Cc5ccc(OCCCN)cc5)cc(P(=O)(O)c5ccccc5)n4)CCN(Cc4cc(C#Cc5ccc(OCCOCCOCCOC)cc5)cc(P(=O)(O)c5ccccc5)n4)CC3)nc(P(=O)(O)c3ccccc3)c2)cc1. The lowest BCUT2D eigenvalue weighted by Gasteiger charge is -2.26. The minimum atomic E-state index is -4.28. The smallest absolute Gasteiger partial charge is 0.276 e. The fraction of sp³-hybridized carbons (Fsp3) is 0.313. The van der Waals surface area contributed by atoms with Gasteiger partial charge in [0.1, 0.15) is 46.8 Å². The molecular weight excluding hydrogens is 1430 g/mol. The molecule has 25 heteroatoms. The molecule has 108 heavy (non-hydrogen) atoms. The second kappa shape index (κ2) is 42.7. The first-order valence-electron chi connectivity index (χ1n) is 35.7. The molecule has 3 aromatic heterocycles. The Morgan fingerprint density at radius 2 is 0.602 bits per heavy atom. The number of rotatable bonds is 36. The molecule has 1 saturated heterocycles. The third-order valence-electron chi connectivity index (χ3n) is 17.0. The molecule has 1 aliphatic heterocycles. The predicted octanol–water partition coefficient (Wildman–Crippen LogP) is 7.40. The van der Waals surface area contributed by atoms with Gasteiger partial charge >= 0.3 is 0 Å². The van der Waals surface area contributed by atoms with Gasteiger partial charge in [-0.3, -0.25) is 28.4 Å². The summed E-state index contributed by atoms with van der Waals surface area (Å²) in [4.78, 5) is 57.6. The van der Waals surface area contributed by atoms with Crippen molar-refractivity contribution in [2.24, 2.45) is 5.73 Å². The summed E-state index contributed by atoms with van der Waals surface area (Å²) >= 11 is 0. The summed E-state index contributed by atoms with van der Waals surface area (Å²) in [7, 11) is -9.58. The number of pyridine rings is 3. The molecule has 22 nitrogen and oxygen atoms in total. The summed E-state index contributed by atoms with van der Waals surface area (Å²) in [6.45, 7) is 9.70. The van der Waals surface area contributed by atoms with Gasteiger partial charge in [0, 0.05) is 122 Å². The number of hydrogen-bond acceptors (Lipinski definition) is 19.